The van der Waals surface area contributed by atoms with E-state index in [2.05, 4.69) is 0 Å². The minimum Gasteiger partial charge on any atom is -0.306 e. The third-order valence-corrected chi connectivity index (χ3v) is 0.977. The minimum absolute atomic E-state index is 1.33. The zero-order valence-corrected chi connectivity index (χ0v) is 5.41. The van der Waals surface area contributed by atoms with Gasteiger partial charge >= 0.3 is 0 Å². The van der Waals surface area contributed by atoms with Gasteiger partial charge in [-0.15, -0.1) is 0 Å². The maximum atomic E-state index is 12.6. The normalized spacial score (nSPS) is 63.8. The minimum atomic E-state index is -4.01. The fraction of sp³-hybridized carbons (Fsp3) is 0.889. The first-order valence-electron chi connectivity index (χ1n) is 10.7. The number of carbonyl (C=O) groups excluding carboxylic acids is 1. The molecule has 2 heteroatoms. The molecule has 1 aliphatic heterocycles. The SMILES string of the molecule is [2H]C([2H])([2H])C1(C([2H])([2H])[2H])NC(C([2H])([2H])[2H])(C([2H])([2H])[2H])C([2H])([2H])C(=O)C1([2H])[2H]. The third kappa shape index (κ3) is 2.29. The van der Waals surface area contributed by atoms with Crippen LogP contribution in [0.1, 0.15) is 62.1 Å². The first kappa shape index (κ1) is 1.39. The second-order valence-corrected chi connectivity index (χ2v) is 2.20. The highest BCUT2D eigenvalue weighted by atomic mass is 16.1. The number of Topliss-reactive ketones (excluding diaryl/α,β-unsaturated/α-hetero) is 1. The Balaban J connectivity index is 4.23. The summed E-state index contributed by atoms with van der Waals surface area (Å²) in [6.07, 6.45) is -8.01. The van der Waals surface area contributed by atoms with E-state index in [0.29, 0.717) is 0 Å². The number of nitrogens with one attached hydrogen (secondary N) is 1. The Bertz CT molecular complexity index is 538. The first-order chi connectivity index (χ1) is 11.4. The molecular weight excluding hydrogens is 138 g/mol. The highest BCUT2D eigenvalue weighted by Crippen LogP contribution is 2.25. The summed E-state index contributed by atoms with van der Waals surface area (Å²) < 4.78 is 122. The van der Waals surface area contributed by atoms with Crippen LogP contribution < -0.4 is 5.32 Å². The molecule has 0 aromatic rings. The van der Waals surface area contributed by atoms with Crippen LogP contribution in [-0.4, -0.2) is 16.9 Å². The van der Waals surface area contributed by atoms with E-state index in [4.69, 9.17) is 21.9 Å². The van der Waals surface area contributed by atoms with Gasteiger partial charge in [0.05, 0.1) is 0 Å². The molecule has 64 valence electrons. The molecule has 0 aromatic heterocycles. The largest absolute Gasteiger partial charge is 0.306 e. The fourth-order valence-corrected chi connectivity index (χ4v) is 0.716. The van der Waals surface area contributed by atoms with Crippen molar-refractivity contribution in [2.75, 3.05) is 0 Å². The van der Waals surface area contributed by atoms with Gasteiger partial charge in [0.1, 0.15) is 5.78 Å². The Kier molecular flexibility index (Phi) is 0.292. The van der Waals surface area contributed by atoms with Crippen LogP contribution >= 0.6 is 0 Å². The van der Waals surface area contributed by atoms with Crippen LogP contribution in [0, 0.1) is 0 Å². The molecule has 0 bridgehead atoms. The van der Waals surface area contributed by atoms with Gasteiger partial charge in [-0.2, -0.15) is 0 Å². The second-order valence-electron chi connectivity index (χ2n) is 2.20. The summed E-state index contributed by atoms with van der Waals surface area (Å²) in [5.74, 6) is -2.40. The quantitative estimate of drug-likeness (QED) is 0.598. The van der Waals surface area contributed by atoms with Crippen LogP contribution in [0.2, 0.25) is 0 Å². The number of carbonyl (C=O) groups is 1. The molecule has 0 amide bonds. The Labute approximate surface area is 90.8 Å². The van der Waals surface area contributed by atoms with E-state index in [1.165, 1.54) is 5.32 Å². The van der Waals surface area contributed by atoms with Crippen molar-refractivity contribution >= 4 is 5.78 Å². The highest BCUT2D eigenvalue weighted by Gasteiger charge is 2.36. The Morgan fingerprint density at radius 2 is 1.82 bits per heavy atom. The summed E-state index contributed by atoms with van der Waals surface area (Å²) in [5, 5.41) is 1.33. The molecule has 0 saturated carbocycles. The Morgan fingerprint density at radius 1 is 1.36 bits per heavy atom. The van der Waals surface area contributed by atoms with E-state index in [0.717, 1.165) is 0 Å². The summed E-state index contributed by atoms with van der Waals surface area (Å²) in [6, 6.07) is 0. The summed E-state index contributed by atoms with van der Waals surface area (Å²) in [6.45, 7) is -15.9. The van der Waals surface area contributed by atoms with Gasteiger partial charge in [0.25, 0.3) is 0 Å². The van der Waals surface area contributed by atoms with Gasteiger partial charge < -0.3 is 5.32 Å². The van der Waals surface area contributed by atoms with Crippen LogP contribution in [0.25, 0.3) is 0 Å². The lowest BCUT2D eigenvalue weighted by Crippen LogP contribution is -2.58. The standard InChI is InChI=1S/C9H17NO/c1-8(2)5-7(11)6-9(3,4)10-8/h10H,5-6H2,1-4H3/i1D3,2D3,3D3,4D3,5D2,6D2. The molecule has 0 aliphatic carbocycles. The Morgan fingerprint density at radius 3 is 2.18 bits per heavy atom. The van der Waals surface area contributed by atoms with Gasteiger partial charge in [0, 0.05) is 45.8 Å². The molecule has 1 aliphatic rings. The van der Waals surface area contributed by atoms with Crippen LogP contribution in [0.5, 0.6) is 0 Å². The number of ketones is 1. The molecule has 0 unspecified atom stereocenters. The van der Waals surface area contributed by atoms with Crippen molar-refractivity contribution in [2.45, 2.75) is 51.2 Å². The fourth-order valence-electron chi connectivity index (χ4n) is 0.716. The van der Waals surface area contributed by atoms with Gasteiger partial charge in [-0.25, -0.2) is 0 Å². The summed E-state index contributed by atoms with van der Waals surface area (Å²) >= 11 is 0. The van der Waals surface area contributed by atoms with Gasteiger partial charge in [-0.3, -0.25) is 4.79 Å². The van der Waals surface area contributed by atoms with E-state index in [1.54, 1.807) is 0 Å². The molecule has 0 spiro atoms. The predicted octanol–water partition coefficient (Wildman–Crippen LogP) is 1.50. The van der Waals surface area contributed by atoms with E-state index >= 15 is 0 Å². The van der Waals surface area contributed by atoms with E-state index in [9.17, 15) is 4.79 Å². The van der Waals surface area contributed by atoms with Crippen molar-refractivity contribution < 1.29 is 26.7 Å². The molecule has 11 heavy (non-hydrogen) atoms. The second kappa shape index (κ2) is 2.31. The number of hydrogen-bond acceptors (Lipinski definition) is 2. The van der Waals surface area contributed by atoms with E-state index < -0.39 is 57.0 Å². The smallest absolute Gasteiger partial charge is 0.136 e. The average Bonchev–Trinajstić information content (AvgIpc) is 2.29. The van der Waals surface area contributed by atoms with E-state index in [-0.39, 0.29) is 0 Å². The molecule has 1 rings (SSSR count). The van der Waals surface area contributed by atoms with Crippen molar-refractivity contribution in [3.63, 3.8) is 0 Å². The Hall–Kier alpha value is -0.370. The molecule has 1 saturated heterocycles. The topological polar surface area (TPSA) is 29.1 Å². The molecule has 1 N–H and O–H groups in total. The molecule has 1 heterocycles. The van der Waals surface area contributed by atoms with Crippen LogP contribution in [0.15, 0.2) is 0 Å². The first-order valence-corrected chi connectivity index (χ1v) is 2.70. The predicted molar refractivity (Wildman–Crippen MR) is 45.5 cm³/mol. The van der Waals surface area contributed by atoms with Gasteiger partial charge in [-0.05, 0) is 27.4 Å². The number of hydrogen-bond donors (Lipinski definition) is 1. The zero-order chi connectivity index (χ0) is 22.3. The van der Waals surface area contributed by atoms with Crippen molar-refractivity contribution in [3.8, 4) is 0 Å². The molecule has 0 atom stereocenters. The van der Waals surface area contributed by atoms with Crippen molar-refractivity contribution in [1.29, 1.82) is 0 Å². The molecule has 1 fully saturated rings. The lowest BCUT2D eigenvalue weighted by Gasteiger charge is -2.41. The molecule has 0 radical (unpaired) electrons. The van der Waals surface area contributed by atoms with Crippen LogP contribution in [0.3, 0.4) is 0 Å². The van der Waals surface area contributed by atoms with Crippen LogP contribution in [-0.2, 0) is 4.79 Å². The van der Waals surface area contributed by atoms with Gasteiger partial charge in [0.2, 0.25) is 0 Å². The molecule has 2 nitrogen and oxygen atoms in total. The zero-order valence-electron chi connectivity index (χ0n) is 21.4. The molecule has 0 aromatic carbocycles. The lowest BCUT2D eigenvalue weighted by molar-refractivity contribution is -0.124. The van der Waals surface area contributed by atoms with Gasteiger partial charge in [0.15, 0.2) is 0 Å². The van der Waals surface area contributed by atoms with Crippen molar-refractivity contribution in [1.82, 2.24) is 5.32 Å². The highest BCUT2D eigenvalue weighted by molar-refractivity contribution is 5.81. The number of rotatable bonds is 0. The number of piperidine rings is 1. The third-order valence-electron chi connectivity index (χ3n) is 0.977. The maximum Gasteiger partial charge on any atom is 0.136 e. The summed E-state index contributed by atoms with van der Waals surface area (Å²) in [4.78, 5) is 12.6. The van der Waals surface area contributed by atoms with Crippen molar-refractivity contribution in [3.05, 3.63) is 0 Å². The maximum absolute atomic E-state index is 12.6. The summed E-state index contributed by atoms with van der Waals surface area (Å²) in [7, 11) is 0. The van der Waals surface area contributed by atoms with E-state index in [1.807, 2.05) is 0 Å². The monoisotopic (exact) mass is 171 g/mol. The van der Waals surface area contributed by atoms with Crippen LogP contribution in [0.4, 0.5) is 0 Å². The van der Waals surface area contributed by atoms with Crippen molar-refractivity contribution in [2.24, 2.45) is 0 Å². The summed E-state index contributed by atoms with van der Waals surface area (Å²) in [5.41, 5.74) is -8.00. The van der Waals surface area contributed by atoms with Gasteiger partial charge in [-0.1, -0.05) is 0 Å². The average molecular weight is 171 g/mol. The molecular formula is C9H17NO. The lowest BCUT2D eigenvalue weighted by atomic mass is 9.82.